The molecule has 1 fully saturated rings. The van der Waals surface area contributed by atoms with Crippen LogP contribution in [0.25, 0.3) is 11.3 Å². The molecule has 7 nitrogen and oxygen atoms in total. The zero-order valence-corrected chi connectivity index (χ0v) is 16.5. The summed E-state index contributed by atoms with van der Waals surface area (Å²) in [5.41, 5.74) is 2.03. The first-order chi connectivity index (χ1) is 13.3. The van der Waals surface area contributed by atoms with Crippen molar-refractivity contribution in [1.29, 1.82) is 0 Å². The molecule has 28 heavy (non-hydrogen) atoms. The third kappa shape index (κ3) is 3.60. The first-order valence-corrected chi connectivity index (χ1v) is 10.9. The van der Waals surface area contributed by atoms with Gasteiger partial charge in [-0.3, -0.25) is 4.79 Å². The van der Waals surface area contributed by atoms with Gasteiger partial charge in [0.1, 0.15) is 17.3 Å². The lowest BCUT2D eigenvalue weighted by molar-refractivity contribution is 0.102. The Morgan fingerprint density at radius 1 is 1.21 bits per heavy atom. The van der Waals surface area contributed by atoms with Crippen LogP contribution in [0.4, 0.5) is 5.82 Å². The summed E-state index contributed by atoms with van der Waals surface area (Å²) in [6.45, 7) is 3.52. The van der Waals surface area contributed by atoms with Crippen molar-refractivity contribution in [3.8, 4) is 11.3 Å². The van der Waals surface area contributed by atoms with Gasteiger partial charge in [0, 0.05) is 11.6 Å². The van der Waals surface area contributed by atoms with Crippen LogP contribution in [0.15, 0.2) is 46.9 Å². The number of carbonyl (C=O) groups excluding carboxylic acids is 1. The van der Waals surface area contributed by atoms with Crippen molar-refractivity contribution in [1.82, 2.24) is 9.78 Å². The minimum absolute atomic E-state index is 0.0234. The highest BCUT2D eigenvalue weighted by atomic mass is 32.2. The second-order valence-corrected chi connectivity index (χ2v) is 9.29. The monoisotopic (exact) mass is 399 g/mol. The number of amides is 1. The van der Waals surface area contributed by atoms with Crippen LogP contribution in [-0.2, 0) is 9.84 Å². The molecule has 1 aromatic carbocycles. The molecule has 0 radical (unpaired) electrons. The largest absolute Gasteiger partial charge is 0.466 e. The van der Waals surface area contributed by atoms with Gasteiger partial charge in [-0.05, 0) is 26.3 Å². The van der Waals surface area contributed by atoms with E-state index in [2.05, 4.69) is 10.4 Å². The van der Waals surface area contributed by atoms with E-state index in [1.54, 1.807) is 30.7 Å². The molecule has 0 spiro atoms. The van der Waals surface area contributed by atoms with Crippen LogP contribution in [-0.4, -0.2) is 35.6 Å². The number of hydrogen-bond donors (Lipinski definition) is 1. The molecule has 8 heteroatoms. The zero-order valence-electron chi connectivity index (χ0n) is 15.7. The molecule has 0 bridgehead atoms. The van der Waals surface area contributed by atoms with Crippen molar-refractivity contribution >= 4 is 21.6 Å². The van der Waals surface area contributed by atoms with Gasteiger partial charge in [0.2, 0.25) is 0 Å². The summed E-state index contributed by atoms with van der Waals surface area (Å²) >= 11 is 0. The highest BCUT2D eigenvalue weighted by Gasteiger charge is 2.32. The summed E-state index contributed by atoms with van der Waals surface area (Å²) in [5, 5.41) is 7.50. The molecule has 3 aromatic rings. The molecule has 146 valence electrons. The minimum atomic E-state index is -3.09. The van der Waals surface area contributed by atoms with Gasteiger partial charge in [0.05, 0.1) is 28.8 Å². The lowest BCUT2D eigenvalue weighted by Gasteiger charge is -2.13. The van der Waals surface area contributed by atoms with Crippen molar-refractivity contribution in [2.45, 2.75) is 26.3 Å². The Hall–Kier alpha value is -2.87. The predicted molar refractivity (Wildman–Crippen MR) is 106 cm³/mol. The zero-order chi connectivity index (χ0) is 19.9. The summed E-state index contributed by atoms with van der Waals surface area (Å²) < 4.78 is 31.0. The van der Waals surface area contributed by atoms with Crippen molar-refractivity contribution < 1.29 is 17.6 Å². The molecule has 1 aliphatic heterocycles. The fourth-order valence-corrected chi connectivity index (χ4v) is 5.22. The van der Waals surface area contributed by atoms with Crippen LogP contribution in [0, 0.1) is 13.8 Å². The number of aryl methyl sites for hydroxylation is 2. The van der Waals surface area contributed by atoms with E-state index in [1.807, 2.05) is 30.3 Å². The van der Waals surface area contributed by atoms with E-state index < -0.39 is 9.84 Å². The van der Waals surface area contributed by atoms with Gasteiger partial charge >= 0.3 is 0 Å². The quantitative estimate of drug-likeness (QED) is 0.726. The summed E-state index contributed by atoms with van der Waals surface area (Å²) in [7, 11) is -3.09. The van der Waals surface area contributed by atoms with Gasteiger partial charge in [-0.2, -0.15) is 5.10 Å². The number of hydrogen-bond acceptors (Lipinski definition) is 5. The van der Waals surface area contributed by atoms with E-state index in [4.69, 9.17) is 4.42 Å². The molecular weight excluding hydrogens is 378 g/mol. The average molecular weight is 399 g/mol. The Kier molecular flexibility index (Phi) is 4.58. The molecule has 1 atom stereocenters. The van der Waals surface area contributed by atoms with Crippen molar-refractivity contribution in [3.63, 3.8) is 0 Å². The summed E-state index contributed by atoms with van der Waals surface area (Å²) in [5.74, 6) is 1.51. The molecular formula is C20H21N3O4S. The van der Waals surface area contributed by atoms with E-state index in [-0.39, 0.29) is 23.5 Å². The second-order valence-electron chi connectivity index (χ2n) is 7.06. The van der Waals surface area contributed by atoms with Crippen molar-refractivity contribution in [2.75, 3.05) is 16.8 Å². The first kappa shape index (κ1) is 18.5. The minimum Gasteiger partial charge on any atom is -0.466 e. The number of carbonyl (C=O) groups is 1. The smallest absolute Gasteiger partial charge is 0.260 e. The van der Waals surface area contributed by atoms with Gasteiger partial charge in [-0.15, -0.1) is 0 Å². The maximum absolute atomic E-state index is 12.8. The number of nitrogens with one attached hydrogen (secondary N) is 1. The molecule has 1 N–H and O–H groups in total. The fourth-order valence-electron chi connectivity index (χ4n) is 3.52. The number of anilines is 1. The number of sulfone groups is 1. The number of aromatic nitrogens is 2. The Labute approximate surface area is 163 Å². The van der Waals surface area contributed by atoms with Crippen LogP contribution >= 0.6 is 0 Å². The number of nitrogens with zero attached hydrogens (tertiary/aromatic N) is 2. The highest BCUT2D eigenvalue weighted by Crippen LogP contribution is 2.30. The summed E-state index contributed by atoms with van der Waals surface area (Å²) in [6, 6.07) is 12.7. The number of benzene rings is 1. The maximum Gasteiger partial charge on any atom is 0.260 e. The molecule has 0 aliphatic carbocycles. The van der Waals surface area contributed by atoms with Crippen molar-refractivity contribution in [3.05, 3.63) is 59.5 Å². The lowest BCUT2D eigenvalue weighted by atomic mass is 10.1. The van der Waals surface area contributed by atoms with Gasteiger partial charge in [-0.1, -0.05) is 30.3 Å². The predicted octanol–water partition coefficient (Wildman–Crippen LogP) is 3.37. The SMILES string of the molecule is Cc1cc(C(=O)Nc2cc(-c3ccccc3)nn2[C@H]2CCS(=O)(=O)C2)c(C)o1. The Morgan fingerprint density at radius 2 is 1.96 bits per heavy atom. The van der Waals surface area contributed by atoms with E-state index in [9.17, 15) is 13.2 Å². The van der Waals surface area contributed by atoms with Crippen LogP contribution in [0.2, 0.25) is 0 Å². The molecule has 0 saturated carbocycles. The molecule has 2 aromatic heterocycles. The average Bonchev–Trinajstić information content (AvgIpc) is 3.32. The lowest BCUT2D eigenvalue weighted by Crippen LogP contribution is -2.19. The topological polar surface area (TPSA) is 94.2 Å². The second kappa shape index (κ2) is 6.94. The van der Waals surface area contributed by atoms with Crippen LogP contribution < -0.4 is 5.32 Å². The Morgan fingerprint density at radius 3 is 2.57 bits per heavy atom. The highest BCUT2D eigenvalue weighted by molar-refractivity contribution is 7.91. The van der Waals surface area contributed by atoms with E-state index in [0.717, 1.165) is 5.56 Å². The Bertz CT molecular complexity index is 1130. The number of rotatable bonds is 4. The molecule has 0 unspecified atom stereocenters. The van der Waals surface area contributed by atoms with E-state index >= 15 is 0 Å². The first-order valence-electron chi connectivity index (χ1n) is 9.06. The normalized spacial score (nSPS) is 18.3. The van der Waals surface area contributed by atoms with E-state index in [0.29, 0.717) is 35.0 Å². The van der Waals surface area contributed by atoms with Crippen molar-refractivity contribution in [2.24, 2.45) is 0 Å². The van der Waals surface area contributed by atoms with Gasteiger partial charge in [0.25, 0.3) is 5.91 Å². The summed E-state index contributed by atoms with van der Waals surface area (Å²) in [4.78, 5) is 12.8. The van der Waals surface area contributed by atoms with Gasteiger partial charge in [-0.25, -0.2) is 13.1 Å². The third-order valence-electron chi connectivity index (χ3n) is 4.89. The molecule has 1 aliphatic rings. The van der Waals surface area contributed by atoms with Gasteiger partial charge in [0.15, 0.2) is 9.84 Å². The molecule has 3 heterocycles. The standard InChI is InChI=1S/C20H21N3O4S/c1-13-10-17(14(2)27-13)20(24)21-19-11-18(15-6-4-3-5-7-15)22-23(19)16-8-9-28(25,26)12-16/h3-7,10-11,16H,8-9,12H2,1-2H3,(H,21,24)/t16-/m0/s1. The maximum atomic E-state index is 12.8. The van der Waals surface area contributed by atoms with Crippen LogP contribution in [0.5, 0.6) is 0 Å². The molecule has 1 saturated heterocycles. The number of furan rings is 1. The summed E-state index contributed by atoms with van der Waals surface area (Å²) in [6.07, 6.45) is 0.477. The Balaban J connectivity index is 1.71. The molecule has 4 rings (SSSR count). The fraction of sp³-hybridized carbons (Fsp3) is 0.300. The van der Waals surface area contributed by atoms with Crippen LogP contribution in [0.1, 0.15) is 34.3 Å². The third-order valence-corrected chi connectivity index (χ3v) is 6.64. The van der Waals surface area contributed by atoms with E-state index in [1.165, 1.54) is 0 Å². The molecule has 1 amide bonds. The van der Waals surface area contributed by atoms with Crippen LogP contribution in [0.3, 0.4) is 0 Å². The van der Waals surface area contributed by atoms with Gasteiger partial charge < -0.3 is 9.73 Å².